The molecule has 1 unspecified atom stereocenters. The molecule has 148 valence electrons. The molecule has 1 aromatic carbocycles. The highest BCUT2D eigenvalue weighted by Crippen LogP contribution is 2.27. The van der Waals surface area contributed by atoms with Gasteiger partial charge in [-0.25, -0.2) is 0 Å². The number of amides is 1. The summed E-state index contributed by atoms with van der Waals surface area (Å²) in [5.41, 5.74) is -0.231. The fraction of sp³-hybridized carbons (Fsp3) is 0.235. The van der Waals surface area contributed by atoms with Crippen LogP contribution in [0, 0.1) is 10.1 Å². The summed E-state index contributed by atoms with van der Waals surface area (Å²) >= 11 is 12.8. The van der Waals surface area contributed by atoms with Crippen LogP contribution in [0.4, 0.5) is 11.4 Å². The predicted octanol–water partition coefficient (Wildman–Crippen LogP) is 4.50. The third-order valence-corrected chi connectivity index (χ3v) is 5.10. The van der Waals surface area contributed by atoms with Crippen LogP contribution in [0.1, 0.15) is 29.4 Å². The van der Waals surface area contributed by atoms with Crippen molar-refractivity contribution in [2.24, 2.45) is 0 Å². The van der Waals surface area contributed by atoms with E-state index in [1.165, 1.54) is 19.1 Å². The third kappa shape index (κ3) is 6.01. The van der Waals surface area contributed by atoms with Gasteiger partial charge in [-0.3, -0.25) is 24.5 Å². The van der Waals surface area contributed by atoms with E-state index in [0.29, 0.717) is 9.21 Å². The molecule has 0 saturated heterocycles. The van der Waals surface area contributed by atoms with Crippen molar-refractivity contribution >= 4 is 63.6 Å². The number of rotatable bonds is 8. The molecule has 1 aromatic heterocycles. The summed E-state index contributed by atoms with van der Waals surface area (Å²) < 4.78 is 5.46. The number of Topliss-reactive ketones (excluding diaryl/α,β-unsaturated/α-hetero) is 1. The van der Waals surface area contributed by atoms with Gasteiger partial charge in [0.25, 0.3) is 11.6 Å². The van der Waals surface area contributed by atoms with Gasteiger partial charge in [0.2, 0.25) is 0 Å². The van der Waals surface area contributed by atoms with Crippen LogP contribution in [0.15, 0.2) is 30.3 Å². The number of non-ortho nitro benzene ring substituents is 1. The molecule has 0 radical (unpaired) electrons. The van der Waals surface area contributed by atoms with Gasteiger partial charge in [-0.2, -0.15) is 0 Å². The molecule has 28 heavy (non-hydrogen) atoms. The number of nitro benzene ring substituents is 1. The van der Waals surface area contributed by atoms with E-state index in [9.17, 15) is 24.5 Å². The van der Waals surface area contributed by atoms with Crippen molar-refractivity contribution in [2.75, 3.05) is 5.32 Å². The lowest BCUT2D eigenvalue weighted by atomic mass is 10.2. The standard InChI is InChI=1S/C17H14Cl2N2O6S/c1-9(17(24)20-12-8-10(21(25)26)2-3-11(12)18)27-16(23)7-4-13(22)14-5-6-15(19)28-14/h2-3,5-6,8-9H,4,7H2,1H3,(H,20,24). The average molecular weight is 445 g/mol. The third-order valence-electron chi connectivity index (χ3n) is 3.50. The van der Waals surface area contributed by atoms with Gasteiger partial charge in [0, 0.05) is 18.6 Å². The maximum atomic E-state index is 12.1. The highest BCUT2D eigenvalue weighted by molar-refractivity contribution is 7.18. The molecule has 1 N–H and O–H groups in total. The van der Waals surface area contributed by atoms with E-state index in [0.717, 1.165) is 17.4 Å². The molecule has 2 rings (SSSR count). The minimum Gasteiger partial charge on any atom is -0.453 e. The van der Waals surface area contributed by atoms with E-state index >= 15 is 0 Å². The van der Waals surface area contributed by atoms with E-state index in [1.54, 1.807) is 12.1 Å². The van der Waals surface area contributed by atoms with Gasteiger partial charge in [-0.15, -0.1) is 11.3 Å². The number of hydrogen-bond acceptors (Lipinski definition) is 7. The second kappa shape index (κ2) is 9.63. The maximum absolute atomic E-state index is 12.1. The summed E-state index contributed by atoms with van der Waals surface area (Å²) in [5.74, 6) is -1.70. The average Bonchev–Trinajstić information content (AvgIpc) is 3.07. The Morgan fingerprint density at radius 1 is 1.21 bits per heavy atom. The van der Waals surface area contributed by atoms with Crippen LogP contribution in [0.5, 0.6) is 0 Å². The topological polar surface area (TPSA) is 116 Å². The summed E-state index contributed by atoms with van der Waals surface area (Å²) in [6.07, 6.45) is -1.47. The number of nitrogens with one attached hydrogen (secondary N) is 1. The number of esters is 1. The van der Waals surface area contributed by atoms with Gasteiger partial charge in [0.05, 0.1) is 31.3 Å². The number of carbonyl (C=O) groups is 3. The first-order valence-electron chi connectivity index (χ1n) is 7.90. The summed E-state index contributed by atoms with van der Waals surface area (Å²) in [4.78, 5) is 46.6. The molecule has 11 heteroatoms. The van der Waals surface area contributed by atoms with Crippen molar-refractivity contribution in [3.05, 3.63) is 54.7 Å². The summed E-state index contributed by atoms with van der Waals surface area (Å²) in [6, 6.07) is 6.72. The molecule has 2 aromatic rings. The number of anilines is 1. The number of nitro groups is 1. The number of benzene rings is 1. The van der Waals surface area contributed by atoms with E-state index in [4.69, 9.17) is 27.9 Å². The van der Waals surface area contributed by atoms with Crippen molar-refractivity contribution in [3.8, 4) is 0 Å². The summed E-state index contributed by atoms with van der Waals surface area (Å²) in [6.45, 7) is 1.33. The maximum Gasteiger partial charge on any atom is 0.307 e. The Labute approximate surface area is 173 Å². The first kappa shape index (κ1) is 21.8. The zero-order valence-corrected chi connectivity index (χ0v) is 16.8. The molecule has 0 spiro atoms. The van der Waals surface area contributed by atoms with Crippen LogP contribution in [-0.4, -0.2) is 28.7 Å². The van der Waals surface area contributed by atoms with Crippen molar-refractivity contribution in [1.82, 2.24) is 0 Å². The zero-order valence-electron chi connectivity index (χ0n) is 14.4. The minimum absolute atomic E-state index is 0.0218. The first-order valence-corrected chi connectivity index (χ1v) is 9.47. The van der Waals surface area contributed by atoms with Crippen LogP contribution in [-0.2, 0) is 14.3 Å². The molecular formula is C17H14Cl2N2O6S. The number of ether oxygens (including phenoxy) is 1. The largest absolute Gasteiger partial charge is 0.453 e. The zero-order chi connectivity index (χ0) is 20.8. The van der Waals surface area contributed by atoms with Crippen LogP contribution in [0.3, 0.4) is 0 Å². The molecular weight excluding hydrogens is 431 g/mol. The number of hydrogen-bond donors (Lipinski definition) is 1. The van der Waals surface area contributed by atoms with Gasteiger partial charge >= 0.3 is 5.97 Å². The van der Waals surface area contributed by atoms with Crippen molar-refractivity contribution in [1.29, 1.82) is 0 Å². The number of carbonyl (C=O) groups excluding carboxylic acids is 3. The van der Waals surface area contributed by atoms with Crippen molar-refractivity contribution in [2.45, 2.75) is 25.9 Å². The first-order chi connectivity index (χ1) is 13.2. The summed E-state index contributed by atoms with van der Waals surface area (Å²) in [7, 11) is 0. The highest BCUT2D eigenvalue weighted by Gasteiger charge is 2.21. The van der Waals surface area contributed by atoms with Crippen LogP contribution in [0.25, 0.3) is 0 Å². The monoisotopic (exact) mass is 444 g/mol. The molecule has 0 aliphatic carbocycles. The Hall–Kier alpha value is -2.49. The lowest BCUT2D eigenvalue weighted by Gasteiger charge is -2.14. The van der Waals surface area contributed by atoms with Crippen LogP contribution in [0.2, 0.25) is 9.36 Å². The fourth-order valence-corrected chi connectivity index (χ4v) is 3.24. The SMILES string of the molecule is CC(OC(=O)CCC(=O)c1ccc(Cl)s1)C(=O)Nc1cc([N+](=O)[O-])ccc1Cl. The fourth-order valence-electron chi connectivity index (χ4n) is 2.07. The Morgan fingerprint density at radius 3 is 2.54 bits per heavy atom. The highest BCUT2D eigenvalue weighted by atomic mass is 35.5. The van der Waals surface area contributed by atoms with Crippen molar-refractivity contribution in [3.63, 3.8) is 0 Å². The Kier molecular flexibility index (Phi) is 7.50. The number of ketones is 1. The molecule has 0 saturated carbocycles. The van der Waals surface area contributed by atoms with Crippen molar-refractivity contribution < 1.29 is 24.0 Å². The van der Waals surface area contributed by atoms with Crippen LogP contribution >= 0.6 is 34.5 Å². The molecule has 0 fully saturated rings. The lowest BCUT2D eigenvalue weighted by Crippen LogP contribution is -2.30. The van der Waals surface area contributed by atoms with E-state index in [1.807, 2.05) is 0 Å². The number of halogens is 2. The molecule has 0 aliphatic rings. The van der Waals surface area contributed by atoms with E-state index in [-0.39, 0.29) is 35.0 Å². The Bertz CT molecular complexity index is 930. The predicted molar refractivity (Wildman–Crippen MR) is 105 cm³/mol. The second-order valence-electron chi connectivity index (χ2n) is 5.57. The molecule has 1 amide bonds. The van der Waals surface area contributed by atoms with Gasteiger partial charge in [-0.1, -0.05) is 23.2 Å². The van der Waals surface area contributed by atoms with Gasteiger partial charge in [0.15, 0.2) is 11.9 Å². The Morgan fingerprint density at radius 2 is 1.93 bits per heavy atom. The number of thiophene rings is 1. The molecule has 1 heterocycles. The summed E-state index contributed by atoms with van der Waals surface area (Å²) in [5, 5.41) is 13.3. The van der Waals surface area contributed by atoms with Crippen LogP contribution < -0.4 is 5.32 Å². The molecule has 0 aliphatic heterocycles. The normalized spacial score (nSPS) is 11.5. The Balaban J connectivity index is 1.88. The molecule has 8 nitrogen and oxygen atoms in total. The smallest absolute Gasteiger partial charge is 0.307 e. The molecule has 1 atom stereocenters. The minimum atomic E-state index is -1.19. The van der Waals surface area contributed by atoms with Gasteiger partial charge in [0.1, 0.15) is 0 Å². The quantitative estimate of drug-likeness (QED) is 0.277. The van der Waals surface area contributed by atoms with Gasteiger partial charge < -0.3 is 10.1 Å². The van der Waals surface area contributed by atoms with Gasteiger partial charge in [-0.05, 0) is 25.1 Å². The lowest BCUT2D eigenvalue weighted by molar-refractivity contribution is -0.384. The molecule has 0 bridgehead atoms. The van der Waals surface area contributed by atoms with E-state index < -0.39 is 22.9 Å². The van der Waals surface area contributed by atoms with E-state index in [2.05, 4.69) is 5.32 Å². The second-order valence-corrected chi connectivity index (χ2v) is 7.69. The number of nitrogens with zero attached hydrogens (tertiary/aromatic N) is 1.